The van der Waals surface area contributed by atoms with E-state index in [0.717, 1.165) is 0 Å². The normalized spacial score (nSPS) is 30.2. The van der Waals surface area contributed by atoms with Crippen molar-refractivity contribution in [1.29, 1.82) is 0 Å². The summed E-state index contributed by atoms with van der Waals surface area (Å²) in [4.78, 5) is 0. The average molecular weight is 1870 g/mol. The van der Waals surface area contributed by atoms with E-state index in [1.807, 2.05) is 250 Å². The number of rotatable bonds is 20. The summed E-state index contributed by atoms with van der Waals surface area (Å²) in [5, 5.41) is 0. The molecule has 53 heteroatoms. The molecule has 27 nitrogen and oxygen atoms in total. The van der Waals surface area contributed by atoms with Crippen molar-refractivity contribution in [1.82, 2.24) is 0 Å². The van der Waals surface area contributed by atoms with Crippen LogP contribution < -0.4 is 0 Å². The maximum atomic E-state index is 7.82. The van der Waals surface area contributed by atoms with Crippen LogP contribution in [0.2, 0.25) is 275 Å². The largest absolute Gasteiger partial charge is 0.652 e. The minimum absolute atomic E-state index is 0.108. The Kier molecular flexibility index (Phi) is 33.9. The maximum Gasteiger partial charge on any atom is 0.652 e. The quantitative estimate of drug-likeness (QED) is 0.0811. The second-order valence-corrected chi connectivity index (χ2v) is 124. The van der Waals surface area contributed by atoms with Crippen molar-refractivity contribution in [3.8, 4) is 0 Å². The Bertz CT molecular complexity index is 2460. The molecule has 0 aromatic heterocycles. The summed E-state index contributed by atoms with van der Waals surface area (Å²) in [6, 6.07) is 0. The van der Waals surface area contributed by atoms with Crippen LogP contribution in [0.1, 0.15) is 13.8 Å². The number of hydrogen-bond acceptors (Lipinski definition) is 27. The van der Waals surface area contributed by atoms with Gasteiger partial charge < -0.3 is 112 Å². The zero-order valence-corrected chi connectivity index (χ0v) is 94.7. The molecule has 0 aromatic carbocycles. The molecule has 2 aliphatic rings. The van der Waals surface area contributed by atoms with E-state index in [1.165, 1.54) is 0 Å². The minimum Gasteiger partial charge on any atom is -0.437 e. The molecular formula is C46H136Cl2O27Si24. The molecule has 0 spiro atoms. The number of hydrogen-bond donors (Lipinski definition) is 0. The monoisotopic (exact) mass is 1860 g/mol. The standard InChI is InChI=1S/C46H136Cl2O27Si24/c1-45-49-96(62-80(13,14)51-76(3,4)5)64-87(27,28)59-88(29,30)65-97(50-46-2,63-81(15,16)52-77(6,7)8)67-90(33,34)61-94(41,42)73-99(69-83(19,20)54-79(11,12)48)71-92(37,38)58-86(25,26)56-84(21,22)55-85(23,24)57-91(35,36)70-98(74-95(43,44)75-99,68-82(17,18)53-78(9,10)47)72-93(39,40)60-89(31,32)66-96/h45-46H2,1-44H3. The number of fused-ring (bicyclic) bond motifs is 4. The van der Waals surface area contributed by atoms with Gasteiger partial charge >= 0.3 is 173 Å². The van der Waals surface area contributed by atoms with Gasteiger partial charge in [0.2, 0.25) is 0 Å². The van der Waals surface area contributed by atoms with Gasteiger partial charge in [-0.05, 0) is 289 Å². The first-order valence-electron chi connectivity index (χ1n) is 34.0. The van der Waals surface area contributed by atoms with Gasteiger partial charge in [-0.15, -0.1) is 22.2 Å². The molecule has 0 radical (unpaired) electrons. The second kappa shape index (κ2) is 33.6. The molecule has 2 rings (SSSR count). The third-order valence-corrected chi connectivity index (χ3v) is 99.7. The van der Waals surface area contributed by atoms with Crippen molar-refractivity contribution < 1.29 is 112 Å². The van der Waals surface area contributed by atoms with Gasteiger partial charge in [0.05, 0.1) is 0 Å². The first-order chi connectivity index (χ1) is 42.8. The van der Waals surface area contributed by atoms with Crippen LogP contribution in [0.5, 0.6) is 0 Å². The van der Waals surface area contributed by atoms with Crippen LogP contribution in [-0.2, 0) is 112 Å². The zero-order chi connectivity index (χ0) is 78.5. The van der Waals surface area contributed by atoms with Gasteiger partial charge in [0.1, 0.15) is 0 Å². The molecule has 2 fully saturated rings. The van der Waals surface area contributed by atoms with Gasteiger partial charge in [-0.25, -0.2) is 0 Å². The summed E-state index contributed by atoms with van der Waals surface area (Å²) in [5.74, 6) is 0. The van der Waals surface area contributed by atoms with Crippen molar-refractivity contribution in [2.75, 3.05) is 13.2 Å². The van der Waals surface area contributed by atoms with Gasteiger partial charge in [-0.1, -0.05) is 0 Å². The zero-order valence-electron chi connectivity index (χ0n) is 69.2. The smallest absolute Gasteiger partial charge is 0.437 e. The fraction of sp³-hybridized carbons (Fsp3) is 1.00. The van der Waals surface area contributed by atoms with Gasteiger partial charge in [0.15, 0.2) is 16.6 Å². The third-order valence-electron chi connectivity index (χ3n) is 11.4. The van der Waals surface area contributed by atoms with E-state index in [9.17, 15) is 0 Å². The molecule has 0 N–H and O–H groups in total. The molecule has 2 aliphatic heterocycles. The molecule has 0 saturated carbocycles. The fourth-order valence-corrected chi connectivity index (χ4v) is 124. The van der Waals surface area contributed by atoms with Crippen LogP contribution in [0.4, 0.5) is 0 Å². The Morgan fingerprint density at radius 1 is 0.222 bits per heavy atom. The van der Waals surface area contributed by atoms with Gasteiger partial charge in [0.25, 0.3) is 15.3 Å². The lowest BCUT2D eigenvalue weighted by Crippen LogP contribution is -2.74. The van der Waals surface area contributed by atoms with E-state index in [2.05, 4.69) is 39.3 Å². The van der Waals surface area contributed by atoms with Crippen molar-refractivity contribution in [2.24, 2.45) is 0 Å². The molecule has 2 bridgehead atoms. The third kappa shape index (κ3) is 39.3. The summed E-state index contributed by atoms with van der Waals surface area (Å²) in [7, 11) is -87.9. The fourth-order valence-electron chi connectivity index (χ4n) is 12.2. The van der Waals surface area contributed by atoms with Gasteiger partial charge in [0, 0.05) is 13.2 Å². The van der Waals surface area contributed by atoms with E-state index in [0.29, 0.717) is 0 Å². The molecular weight excluding hydrogens is 1730 g/mol. The number of halogens is 2. The van der Waals surface area contributed by atoms with E-state index < -0.39 is 205 Å². The van der Waals surface area contributed by atoms with Crippen LogP contribution in [0.15, 0.2) is 0 Å². The predicted octanol–water partition coefficient (Wildman–Crippen LogP) is 16.0. The molecule has 0 aliphatic carbocycles. The Balaban J connectivity index is 3.77. The summed E-state index contributed by atoms with van der Waals surface area (Å²) in [6.07, 6.45) is 0. The molecule has 2 heterocycles. The van der Waals surface area contributed by atoms with Gasteiger partial charge in [-0.3, -0.25) is 0 Å². The average Bonchev–Trinajstić information content (AvgIpc) is 0.758. The Morgan fingerprint density at radius 3 is 0.535 bits per heavy atom. The SMILES string of the molecule is CCO[Si]1(O[Si](C)(C)O[Si](C)(C)C)O[Si](C)(C)O[Si](C)(C)O[Si](OCC)(O[Si](C)(C)O[Si](C)(C)C)O[Si](C)(C)O[Si](C)(C)O[Si]2(O[Si](C)(C)O[Si](C)(C)Cl)O[Si](C)(C)O[Si](C)(C)O[Si](C)(C)O[Si](C)(C)O[Si](C)(C)O[Si](O[Si](C)(C)O[Si](C)(C)Cl)(O[Si](C)(C)O[Si](C)(C)O1)O[Si](C)(C)O2. The van der Waals surface area contributed by atoms with Crippen LogP contribution >= 0.6 is 22.2 Å². The lowest BCUT2D eigenvalue weighted by atomic mass is 10.9. The summed E-state index contributed by atoms with van der Waals surface area (Å²) < 4.78 is 199. The van der Waals surface area contributed by atoms with Gasteiger partial charge in [-0.2, -0.15) is 0 Å². The van der Waals surface area contributed by atoms with Crippen LogP contribution in [0, 0.1) is 0 Å². The highest BCUT2D eigenvalue weighted by Gasteiger charge is 2.70. The first-order valence-corrected chi connectivity index (χ1v) is 100. The first kappa shape index (κ1) is 99.8. The van der Waals surface area contributed by atoms with Crippen molar-refractivity contribution in [3.05, 3.63) is 0 Å². The Labute approximate surface area is 635 Å². The molecule has 0 aromatic rings. The van der Waals surface area contributed by atoms with Crippen LogP contribution in [0.25, 0.3) is 0 Å². The molecule has 2 saturated heterocycles. The van der Waals surface area contributed by atoms with Crippen molar-refractivity contribution in [3.63, 3.8) is 0 Å². The summed E-state index contributed by atoms with van der Waals surface area (Å²) >= 11 is 14.4. The molecule has 0 amide bonds. The lowest BCUT2D eigenvalue weighted by molar-refractivity contribution is 0.0543. The highest BCUT2D eigenvalue weighted by atomic mass is 35.6. The van der Waals surface area contributed by atoms with E-state index in [4.69, 9.17) is 134 Å². The van der Waals surface area contributed by atoms with Crippen LogP contribution in [0.3, 0.4) is 0 Å². The molecule has 4 atom stereocenters. The van der Waals surface area contributed by atoms with Crippen molar-refractivity contribution in [2.45, 2.75) is 289 Å². The Morgan fingerprint density at radius 2 is 0.374 bits per heavy atom. The highest BCUT2D eigenvalue weighted by molar-refractivity contribution is 7.18. The van der Waals surface area contributed by atoms with Crippen molar-refractivity contribution >= 4 is 227 Å². The Hall–Kier alpha value is 4.71. The molecule has 99 heavy (non-hydrogen) atoms. The van der Waals surface area contributed by atoms with Crippen LogP contribution in [-0.4, -0.2) is 218 Å². The van der Waals surface area contributed by atoms with E-state index in [-0.39, 0.29) is 13.2 Å². The minimum atomic E-state index is -5.07. The summed E-state index contributed by atoms with van der Waals surface area (Å²) in [5.41, 5.74) is 0. The van der Waals surface area contributed by atoms with E-state index >= 15 is 0 Å². The predicted molar refractivity (Wildman–Crippen MR) is 446 cm³/mol. The topological polar surface area (TPSA) is 249 Å². The lowest BCUT2D eigenvalue weighted by Gasteiger charge is -2.50. The van der Waals surface area contributed by atoms with E-state index in [1.54, 1.807) is 0 Å². The second-order valence-electron chi connectivity index (χ2n) is 34.8. The maximum absolute atomic E-state index is 7.82. The molecule has 4 unspecified atom stereocenters. The molecule has 592 valence electrons. The highest BCUT2D eigenvalue weighted by Crippen LogP contribution is 2.42. The summed E-state index contributed by atoms with van der Waals surface area (Å²) in [6.45, 7) is 85.0.